The number of rotatable bonds is 0. The van der Waals surface area contributed by atoms with Crippen molar-refractivity contribution in [2.24, 2.45) is 4.99 Å². The van der Waals surface area contributed by atoms with Crippen LogP contribution in [0.2, 0.25) is 0 Å². The summed E-state index contributed by atoms with van der Waals surface area (Å²) in [4.78, 5) is 30.4. The fourth-order valence-corrected chi connectivity index (χ4v) is 1.75. The number of ketones is 1. The molecule has 0 unspecified atom stereocenters. The van der Waals surface area contributed by atoms with Crippen LogP contribution in [0.15, 0.2) is 35.5 Å². The summed E-state index contributed by atoms with van der Waals surface area (Å²) in [5.41, 5.74) is 0.764. The Bertz CT molecular complexity index is 747. The lowest BCUT2D eigenvalue weighted by Gasteiger charge is -2.01. The monoisotopic (exact) mass is 210 g/mol. The van der Waals surface area contributed by atoms with Crippen LogP contribution in [0.1, 0.15) is 0 Å². The second-order valence-electron chi connectivity index (χ2n) is 3.50. The quantitative estimate of drug-likeness (QED) is 0.563. The van der Waals surface area contributed by atoms with E-state index in [9.17, 15) is 9.59 Å². The molecule has 4 heteroatoms. The van der Waals surface area contributed by atoms with Crippen LogP contribution < -0.4 is 10.6 Å². The van der Waals surface area contributed by atoms with Crippen LogP contribution in [0.5, 0.6) is 0 Å². The van der Waals surface area contributed by atoms with E-state index in [-0.39, 0.29) is 0 Å². The number of carbonyl (C=O) groups is 2. The minimum absolute atomic E-state index is 0.537. The number of pyridine rings is 1. The zero-order valence-electron chi connectivity index (χ0n) is 8.18. The Kier molecular flexibility index (Phi) is 1.71. The molecule has 1 aromatic heterocycles. The molecule has 16 heavy (non-hydrogen) atoms. The predicted octanol–water partition coefficient (Wildman–Crippen LogP) is -0.256. The van der Waals surface area contributed by atoms with Crippen LogP contribution in [0, 0.1) is 0 Å². The summed E-state index contributed by atoms with van der Waals surface area (Å²) in [5.74, 6) is -1.29. The number of carbonyl (C=O) groups excluding carboxylic acids is 2. The van der Waals surface area contributed by atoms with Crippen LogP contribution in [-0.4, -0.2) is 16.7 Å². The van der Waals surface area contributed by atoms with Gasteiger partial charge in [0, 0.05) is 22.9 Å². The lowest BCUT2D eigenvalue weighted by atomic mass is 10.1. The van der Waals surface area contributed by atoms with Gasteiger partial charge in [-0.1, -0.05) is 6.07 Å². The molecule has 0 saturated carbocycles. The lowest BCUT2D eigenvalue weighted by Crippen LogP contribution is -2.34. The molecule has 76 valence electrons. The third-order valence-electron chi connectivity index (χ3n) is 2.50. The first kappa shape index (κ1) is 8.91. The number of benzene rings is 1. The minimum Gasteiger partial charge on any atom is -0.284 e. The molecule has 2 heterocycles. The van der Waals surface area contributed by atoms with Crippen molar-refractivity contribution >= 4 is 28.7 Å². The van der Waals surface area contributed by atoms with Gasteiger partial charge in [-0.2, -0.15) is 0 Å². The third kappa shape index (κ3) is 1.16. The van der Waals surface area contributed by atoms with E-state index >= 15 is 0 Å². The van der Waals surface area contributed by atoms with Gasteiger partial charge in [-0.15, -0.1) is 0 Å². The molecule has 0 fully saturated rings. The molecule has 0 bridgehead atoms. The Hall–Kier alpha value is -2.36. The molecular formula is C12H6N2O2. The molecular weight excluding hydrogens is 204 g/mol. The summed E-state index contributed by atoms with van der Waals surface area (Å²) in [6.45, 7) is 0. The maximum Gasteiger partial charge on any atom is 0.318 e. The summed E-state index contributed by atoms with van der Waals surface area (Å²) in [5, 5.41) is 2.00. The van der Waals surface area contributed by atoms with Crippen molar-refractivity contribution in [1.82, 2.24) is 4.98 Å². The van der Waals surface area contributed by atoms with Crippen LogP contribution in [0.3, 0.4) is 0 Å². The van der Waals surface area contributed by atoms with Gasteiger partial charge >= 0.3 is 5.91 Å². The molecule has 0 N–H and O–H groups in total. The van der Waals surface area contributed by atoms with Crippen molar-refractivity contribution < 1.29 is 9.59 Å². The standard InChI is InChI=1S/C12H6N2O2/c15-10-6-7-3-4-9-8(2-1-5-13-9)11(7)14-12(10)16/h1-6H. The maximum absolute atomic E-state index is 11.2. The van der Waals surface area contributed by atoms with Crippen molar-refractivity contribution in [3.8, 4) is 0 Å². The van der Waals surface area contributed by atoms with E-state index in [4.69, 9.17) is 0 Å². The molecule has 4 nitrogen and oxygen atoms in total. The summed E-state index contributed by atoms with van der Waals surface area (Å²) in [6.07, 6.45) is 2.99. The number of aromatic nitrogens is 1. The van der Waals surface area contributed by atoms with E-state index < -0.39 is 11.7 Å². The van der Waals surface area contributed by atoms with Crippen LogP contribution >= 0.6 is 0 Å². The van der Waals surface area contributed by atoms with E-state index in [0.717, 1.165) is 10.9 Å². The van der Waals surface area contributed by atoms with Crippen molar-refractivity contribution in [2.45, 2.75) is 0 Å². The summed E-state index contributed by atoms with van der Waals surface area (Å²) in [6, 6.07) is 7.17. The van der Waals surface area contributed by atoms with Gasteiger partial charge < -0.3 is 0 Å². The first-order valence-corrected chi connectivity index (χ1v) is 4.78. The molecule has 1 aliphatic heterocycles. The highest BCUT2D eigenvalue weighted by atomic mass is 16.2. The van der Waals surface area contributed by atoms with Gasteiger partial charge in [-0.3, -0.25) is 14.6 Å². The van der Waals surface area contributed by atoms with Gasteiger partial charge in [0.25, 0.3) is 0 Å². The van der Waals surface area contributed by atoms with Gasteiger partial charge in [0.1, 0.15) is 0 Å². The SMILES string of the molecule is O=C1C=c2ccc3ncccc3c2=NC1=O. The number of hydrogen-bond donors (Lipinski definition) is 0. The molecule has 0 radical (unpaired) electrons. The van der Waals surface area contributed by atoms with E-state index in [0.29, 0.717) is 10.6 Å². The number of hydrogen-bond acceptors (Lipinski definition) is 3. The van der Waals surface area contributed by atoms with E-state index in [1.54, 1.807) is 18.3 Å². The molecule has 1 aromatic carbocycles. The van der Waals surface area contributed by atoms with Crippen LogP contribution in [-0.2, 0) is 9.59 Å². The minimum atomic E-state index is -0.719. The zero-order chi connectivity index (χ0) is 11.1. The van der Waals surface area contributed by atoms with Gasteiger partial charge in [0.05, 0.1) is 10.9 Å². The maximum atomic E-state index is 11.2. The van der Waals surface area contributed by atoms with Gasteiger partial charge in [-0.05, 0) is 18.2 Å². The molecule has 0 spiro atoms. The number of nitrogens with zero attached hydrogens (tertiary/aromatic N) is 2. The normalized spacial score (nSPS) is 14.2. The summed E-state index contributed by atoms with van der Waals surface area (Å²) >= 11 is 0. The van der Waals surface area contributed by atoms with Crippen molar-refractivity contribution in [2.75, 3.05) is 0 Å². The summed E-state index contributed by atoms with van der Waals surface area (Å²) < 4.78 is 0. The summed E-state index contributed by atoms with van der Waals surface area (Å²) in [7, 11) is 0. The van der Waals surface area contributed by atoms with Crippen molar-refractivity contribution in [3.63, 3.8) is 0 Å². The van der Waals surface area contributed by atoms with E-state index in [2.05, 4.69) is 9.98 Å². The van der Waals surface area contributed by atoms with E-state index in [1.165, 1.54) is 6.08 Å². The number of amides is 1. The average Bonchev–Trinajstić information content (AvgIpc) is 2.31. The fraction of sp³-hybridized carbons (Fsp3) is 0. The van der Waals surface area contributed by atoms with Crippen molar-refractivity contribution in [1.29, 1.82) is 0 Å². The van der Waals surface area contributed by atoms with Gasteiger partial charge in [0.2, 0.25) is 5.78 Å². The Balaban J connectivity index is 2.59. The Morgan fingerprint density at radius 1 is 1.06 bits per heavy atom. The topological polar surface area (TPSA) is 59.4 Å². The molecule has 3 rings (SSSR count). The average molecular weight is 210 g/mol. The number of Topliss-reactive ketones (excluding diaryl/α,β-unsaturated/α-hetero) is 1. The van der Waals surface area contributed by atoms with Crippen LogP contribution in [0.25, 0.3) is 17.0 Å². The fourth-order valence-electron chi connectivity index (χ4n) is 1.75. The molecule has 0 atom stereocenters. The van der Waals surface area contributed by atoms with Crippen LogP contribution in [0.4, 0.5) is 0 Å². The zero-order valence-corrected chi connectivity index (χ0v) is 8.18. The first-order chi connectivity index (χ1) is 7.75. The highest BCUT2D eigenvalue weighted by Crippen LogP contribution is 2.03. The predicted molar refractivity (Wildman–Crippen MR) is 57.0 cm³/mol. The Labute approximate surface area is 90.0 Å². The lowest BCUT2D eigenvalue weighted by molar-refractivity contribution is -0.132. The van der Waals surface area contributed by atoms with E-state index in [1.807, 2.05) is 12.1 Å². The largest absolute Gasteiger partial charge is 0.318 e. The molecule has 1 amide bonds. The first-order valence-electron chi connectivity index (χ1n) is 4.78. The third-order valence-corrected chi connectivity index (χ3v) is 2.50. The smallest absolute Gasteiger partial charge is 0.284 e. The Morgan fingerprint density at radius 2 is 1.94 bits per heavy atom. The Morgan fingerprint density at radius 3 is 2.81 bits per heavy atom. The van der Waals surface area contributed by atoms with Crippen molar-refractivity contribution in [3.05, 3.63) is 41.0 Å². The molecule has 0 saturated heterocycles. The second-order valence-corrected chi connectivity index (χ2v) is 3.50. The highest BCUT2D eigenvalue weighted by Gasteiger charge is 2.14. The van der Waals surface area contributed by atoms with Gasteiger partial charge in [0.15, 0.2) is 0 Å². The second kappa shape index (κ2) is 3.06. The molecule has 0 aliphatic carbocycles. The highest BCUT2D eigenvalue weighted by molar-refractivity contribution is 6.48. The molecule has 1 aliphatic rings. The molecule has 2 aromatic rings. The van der Waals surface area contributed by atoms with Gasteiger partial charge in [-0.25, -0.2) is 4.99 Å². The number of fused-ring (bicyclic) bond motifs is 3.